The molecule has 8 heteroatoms. The van der Waals surface area contributed by atoms with E-state index in [0.29, 0.717) is 35.3 Å². The molecule has 1 amide bonds. The van der Waals surface area contributed by atoms with Crippen molar-refractivity contribution in [1.29, 1.82) is 0 Å². The third-order valence-corrected chi connectivity index (χ3v) is 4.31. The maximum atomic E-state index is 11.2. The monoisotopic (exact) mass is 375 g/mol. The number of hydrogen-bond acceptors (Lipinski definition) is 4. The molecule has 2 heterocycles. The zero-order valence-corrected chi connectivity index (χ0v) is 16.0. The van der Waals surface area contributed by atoms with E-state index < -0.39 is 0 Å². The molecule has 0 spiro atoms. The third kappa shape index (κ3) is 3.67. The number of rotatable bonds is 5. The topological polar surface area (TPSA) is 84.3 Å². The number of hydrogen-bond donors (Lipinski definition) is 2. The quantitative estimate of drug-likeness (QED) is 0.717. The summed E-state index contributed by atoms with van der Waals surface area (Å²) >= 11 is 6.46. The Kier molecular flexibility index (Phi) is 4.91. The summed E-state index contributed by atoms with van der Waals surface area (Å²) in [5.74, 6) is 1.32. The van der Waals surface area contributed by atoms with Crippen LogP contribution in [-0.4, -0.2) is 39.4 Å². The first kappa shape index (κ1) is 18.3. The molecule has 0 saturated carbocycles. The van der Waals surface area contributed by atoms with Crippen LogP contribution in [0.15, 0.2) is 24.3 Å². The van der Waals surface area contributed by atoms with Crippen LogP contribution in [0.25, 0.3) is 17.0 Å². The molecule has 0 bridgehead atoms. The number of halogens is 1. The highest BCUT2D eigenvalue weighted by atomic mass is 35.5. The van der Waals surface area contributed by atoms with Crippen LogP contribution in [-0.2, 0) is 10.2 Å². The summed E-state index contributed by atoms with van der Waals surface area (Å²) in [6.45, 7) is 6.51. The van der Waals surface area contributed by atoms with E-state index in [-0.39, 0.29) is 11.3 Å². The van der Waals surface area contributed by atoms with Gasteiger partial charge in [0, 0.05) is 18.0 Å². The van der Waals surface area contributed by atoms with Crippen molar-refractivity contribution in [2.24, 2.45) is 0 Å². The van der Waals surface area contributed by atoms with Crippen LogP contribution in [0, 0.1) is 0 Å². The largest absolute Gasteiger partial charge is 0.493 e. The summed E-state index contributed by atoms with van der Waals surface area (Å²) in [5, 5.41) is 12.1. The van der Waals surface area contributed by atoms with E-state index in [2.05, 4.69) is 41.3 Å². The number of aromatic amines is 1. The number of carbonyl (C=O) groups is 1. The first-order chi connectivity index (χ1) is 12.3. The average Bonchev–Trinajstić information content (AvgIpc) is 3.15. The Balaban J connectivity index is 1.76. The highest BCUT2D eigenvalue weighted by Crippen LogP contribution is 2.31. The number of ether oxygens (including phenoxy) is 1. The van der Waals surface area contributed by atoms with E-state index in [1.54, 1.807) is 7.05 Å². The molecule has 0 saturated heterocycles. The molecule has 0 unspecified atom stereocenters. The maximum absolute atomic E-state index is 11.2. The molecular weight excluding hydrogens is 354 g/mol. The SMILES string of the molecule is CNC(=O)CCOc1ccc(-c2nn3nc(C(C)(C)C)c(Cl)c3[nH]2)cc1. The van der Waals surface area contributed by atoms with Crippen LogP contribution >= 0.6 is 11.6 Å². The molecule has 1 aromatic carbocycles. The minimum absolute atomic E-state index is 0.0490. The highest BCUT2D eigenvalue weighted by molar-refractivity contribution is 6.34. The predicted octanol–water partition coefficient (Wildman–Crippen LogP) is 3.19. The summed E-state index contributed by atoms with van der Waals surface area (Å²) in [4.78, 5) is 14.4. The number of amides is 1. The zero-order chi connectivity index (χ0) is 18.9. The molecule has 0 fully saturated rings. The minimum atomic E-state index is -0.153. The second-order valence-corrected chi connectivity index (χ2v) is 7.40. The van der Waals surface area contributed by atoms with Gasteiger partial charge in [0.2, 0.25) is 5.91 Å². The molecule has 0 aliphatic heterocycles. The summed E-state index contributed by atoms with van der Waals surface area (Å²) in [5.41, 5.74) is 2.23. The smallest absolute Gasteiger partial charge is 0.223 e. The molecule has 0 aliphatic rings. The van der Waals surface area contributed by atoms with Crippen LogP contribution in [0.1, 0.15) is 32.9 Å². The number of benzene rings is 1. The van der Waals surface area contributed by atoms with Gasteiger partial charge in [0.05, 0.1) is 18.7 Å². The van der Waals surface area contributed by atoms with Crippen LogP contribution in [0.3, 0.4) is 0 Å². The van der Waals surface area contributed by atoms with Crippen molar-refractivity contribution < 1.29 is 9.53 Å². The summed E-state index contributed by atoms with van der Waals surface area (Å²) in [7, 11) is 1.61. The number of nitrogens with zero attached hydrogens (tertiary/aromatic N) is 3. The Morgan fingerprint density at radius 3 is 2.54 bits per heavy atom. The lowest BCUT2D eigenvalue weighted by atomic mass is 9.92. The lowest BCUT2D eigenvalue weighted by Crippen LogP contribution is -2.20. The second kappa shape index (κ2) is 6.99. The Bertz CT molecular complexity index is 922. The van der Waals surface area contributed by atoms with Gasteiger partial charge in [-0.1, -0.05) is 32.4 Å². The molecule has 26 heavy (non-hydrogen) atoms. The van der Waals surface area contributed by atoms with E-state index in [1.807, 2.05) is 24.3 Å². The van der Waals surface area contributed by atoms with Crippen molar-refractivity contribution in [2.45, 2.75) is 32.6 Å². The molecule has 3 rings (SSSR count). The van der Waals surface area contributed by atoms with Gasteiger partial charge in [0.25, 0.3) is 0 Å². The van der Waals surface area contributed by atoms with Crippen molar-refractivity contribution in [3.63, 3.8) is 0 Å². The van der Waals surface area contributed by atoms with Crippen molar-refractivity contribution >= 4 is 23.2 Å². The van der Waals surface area contributed by atoms with Gasteiger partial charge in [-0.2, -0.15) is 5.10 Å². The minimum Gasteiger partial charge on any atom is -0.493 e. The van der Waals surface area contributed by atoms with E-state index in [4.69, 9.17) is 16.3 Å². The van der Waals surface area contributed by atoms with Gasteiger partial charge in [0.1, 0.15) is 10.8 Å². The Morgan fingerprint density at radius 2 is 1.96 bits per heavy atom. The fraction of sp³-hybridized carbons (Fsp3) is 0.389. The van der Waals surface area contributed by atoms with Crippen molar-refractivity contribution in [3.05, 3.63) is 35.0 Å². The van der Waals surface area contributed by atoms with Crippen molar-refractivity contribution in [2.75, 3.05) is 13.7 Å². The van der Waals surface area contributed by atoms with Gasteiger partial charge >= 0.3 is 0 Å². The third-order valence-electron chi connectivity index (χ3n) is 3.96. The molecule has 2 aromatic heterocycles. The molecule has 3 aromatic rings. The van der Waals surface area contributed by atoms with Crippen LogP contribution in [0.2, 0.25) is 5.02 Å². The second-order valence-electron chi connectivity index (χ2n) is 7.02. The summed E-state index contributed by atoms with van der Waals surface area (Å²) in [6, 6.07) is 7.47. The lowest BCUT2D eigenvalue weighted by Gasteiger charge is -2.14. The van der Waals surface area contributed by atoms with Crippen LogP contribution in [0.4, 0.5) is 0 Å². The molecule has 138 valence electrons. The van der Waals surface area contributed by atoms with E-state index in [1.165, 1.54) is 4.63 Å². The summed E-state index contributed by atoms with van der Waals surface area (Å²) in [6.07, 6.45) is 0.322. The fourth-order valence-electron chi connectivity index (χ4n) is 2.50. The van der Waals surface area contributed by atoms with E-state index >= 15 is 0 Å². The van der Waals surface area contributed by atoms with Crippen LogP contribution in [0.5, 0.6) is 5.75 Å². The fourth-order valence-corrected chi connectivity index (χ4v) is 2.95. The van der Waals surface area contributed by atoms with E-state index in [9.17, 15) is 4.79 Å². The van der Waals surface area contributed by atoms with Gasteiger partial charge in [-0.25, -0.2) is 0 Å². The molecule has 7 nitrogen and oxygen atoms in total. The Morgan fingerprint density at radius 1 is 1.27 bits per heavy atom. The molecule has 0 atom stereocenters. The number of carbonyl (C=O) groups excluding carboxylic acids is 1. The number of nitrogens with one attached hydrogen (secondary N) is 2. The number of aromatic nitrogens is 4. The average molecular weight is 376 g/mol. The predicted molar refractivity (Wildman–Crippen MR) is 101 cm³/mol. The zero-order valence-electron chi connectivity index (χ0n) is 15.3. The van der Waals surface area contributed by atoms with Gasteiger partial charge < -0.3 is 15.0 Å². The van der Waals surface area contributed by atoms with E-state index in [0.717, 1.165) is 11.3 Å². The normalized spacial score (nSPS) is 11.7. The van der Waals surface area contributed by atoms with Gasteiger partial charge in [-0.3, -0.25) is 4.79 Å². The number of H-pyrrole nitrogens is 1. The Labute approximate surface area is 156 Å². The van der Waals surface area contributed by atoms with Crippen LogP contribution < -0.4 is 10.1 Å². The highest BCUT2D eigenvalue weighted by Gasteiger charge is 2.25. The molecule has 0 radical (unpaired) electrons. The van der Waals surface area contributed by atoms with Gasteiger partial charge in [0.15, 0.2) is 11.5 Å². The molecular formula is C18H22ClN5O2. The lowest BCUT2D eigenvalue weighted by molar-refractivity contribution is -0.121. The Hall–Kier alpha value is -2.54. The number of fused-ring (bicyclic) bond motifs is 1. The standard InChI is InChI=1S/C18H22ClN5O2/c1-18(2,3)15-14(19)17-21-16(23-24(17)22-15)11-5-7-12(8-6-11)26-10-9-13(25)20-4/h5-8H,9-10H2,1-4H3,(H,20,25)(H,21,23). The first-order valence-corrected chi connectivity index (χ1v) is 8.76. The van der Waals surface area contributed by atoms with Gasteiger partial charge in [-0.05, 0) is 24.3 Å². The van der Waals surface area contributed by atoms with Gasteiger partial charge in [-0.15, -0.1) is 9.73 Å². The molecule has 2 N–H and O–H groups in total. The van der Waals surface area contributed by atoms with Crippen molar-refractivity contribution in [1.82, 2.24) is 25.1 Å². The molecule has 0 aliphatic carbocycles. The first-order valence-electron chi connectivity index (χ1n) is 8.38. The maximum Gasteiger partial charge on any atom is 0.223 e. The summed E-state index contributed by atoms with van der Waals surface area (Å²) < 4.78 is 7.09. The van der Waals surface area contributed by atoms with Crippen molar-refractivity contribution in [3.8, 4) is 17.1 Å².